The summed E-state index contributed by atoms with van der Waals surface area (Å²) >= 11 is 0. The Labute approximate surface area is 682 Å². The molecule has 1 N–H and O–H groups in total. The molecule has 0 saturated carbocycles. The van der Waals surface area contributed by atoms with Crippen LogP contribution in [-0.2, 0) is 61.8 Å². The van der Waals surface area contributed by atoms with E-state index in [0.29, 0.717) is 38.8 Å². The number of benzene rings is 4. The standard InChI is InChI=1S/C25H31NO3S.C20H29NO5S.C15H14N2.4K.2O3S/c1-21-25(2,18-10-11-20-30(27,28)29)23-16-8-9-17-24(23)26(21)19-12-15-22-13-6-4-3-5-7-14-22;1-17-20(2,12-6-9-15-27(23,24)25)18-10-4-5-11-19(18)21(17)13-7-3-8-14-26-16-22;1-3-8-14(9-4-1)16-12-7-13-17-15-10-5-2-6-11-15;;;;;2*1-4(2)3/h3-7,9,13-14,16-17H,10-12,15,18-20H2,1-2H3,(H,27,28,29);5,10-11,16H,3,6-9,12-15H2,1-2H3,(H,23,24,25);1-13,16H;;;;;;/q;;;4*+1;;/p-2/b4-3-,5-3?,6-4?,7-5-,13-6?,14-7?,22-13?,22-14?;;12-7+,17-13?;;;;;;. The van der Waals surface area contributed by atoms with Gasteiger partial charge >= 0.3 is 227 Å². The van der Waals surface area contributed by atoms with Crippen molar-refractivity contribution in [3.8, 4) is 0 Å². The van der Waals surface area contributed by atoms with Crippen molar-refractivity contribution < 1.29 is 275 Å². The van der Waals surface area contributed by atoms with Crippen LogP contribution in [0, 0.1) is 12.1 Å². The Morgan fingerprint density at radius 2 is 1.08 bits per heavy atom. The van der Waals surface area contributed by atoms with Gasteiger partial charge in [0.25, 0.3) is 6.47 Å². The van der Waals surface area contributed by atoms with Crippen molar-refractivity contribution in [3.05, 3.63) is 181 Å². The summed E-state index contributed by atoms with van der Waals surface area (Å²) in [5, 5.41) is 3.16. The van der Waals surface area contributed by atoms with Crippen LogP contribution in [0.3, 0.4) is 0 Å². The van der Waals surface area contributed by atoms with Gasteiger partial charge in [0.2, 0.25) is 0 Å². The van der Waals surface area contributed by atoms with E-state index in [1.165, 1.54) is 39.5 Å². The first-order chi connectivity index (χ1) is 39.0. The van der Waals surface area contributed by atoms with Gasteiger partial charge in [0.05, 0.1) is 32.5 Å². The summed E-state index contributed by atoms with van der Waals surface area (Å²) in [6, 6.07) is 38.3. The molecule has 26 heteroatoms. The maximum absolute atomic E-state index is 10.9. The van der Waals surface area contributed by atoms with E-state index in [2.05, 4.69) is 102 Å². The number of hydrogen-bond acceptors (Lipinski definition) is 16. The first-order valence-electron chi connectivity index (χ1n) is 26.5. The van der Waals surface area contributed by atoms with Crippen LogP contribution in [0.1, 0.15) is 109 Å². The molecule has 442 valence electrons. The Bertz CT molecular complexity index is 3400. The molecule has 0 radical (unpaired) electrons. The van der Waals surface area contributed by atoms with Gasteiger partial charge in [-0.1, -0.05) is 117 Å². The van der Waals surface area contributed by atoms with Crippen molar-refractivity contribution in [2.75, 3.05) is 36.5 Å². The minimum absolute atomic E-state index is 0. The van der Waals surface area contributed by atoms with E-state index in [9.17, 15) is 30.7 Å². The first-order valence-corrected chi connectivity index (χ1v) is 31.6. The molecule has 2 aliphatic heterocycles. The van der Waals surface area contributed by atoms with Gasteiger partial charge in [0.15, 0.2) is 11.4 Å². The van der Waals surface area contributed by atoms with Crippen LogP contribution in [0.5, 0.6) is 0 Å². The maximum Gasteiger partial charge on any atom is 1.00 e. The van der Waals surface area contributed by atoms with Crippen LogP contribution in [-0.4, -0.2) is 116 Å². The normalized spacial score (nSPS) is 16.8. The number of anilines is 1. The number of hydrogen-bond donors (Lipinski definition) is 1. The van der Waals surface area contributed by atoms with Gasteiger partial charge in [-0.05, 0) is 80.9 Å². The minimum Gasteiger partial charge on any atom is -0.748 e. The number of carbonyl (C=O) groups is 1. The van der Waals surface area contributed by atoms with E-state index in [0.717, 1.165) is 69.4 Å². The number of fused-ring (bicyclic) bond motifs is 2. The minimum atomic E-state index is -4.15. The monoisotopic (exact) mass is 1360 g/mol. The number of para-hydroxylation sites is 2. The van der Waals surface area contributed by atoms with Gasteiger partial charge in [0, 0.05) is 67.1 Å². The zero-order valence-corrected chi connectivity index (χ0v) is 66.4. The molecular weight excluding hydrogens is 1290 g/mol. The van der Waals surface area contributed by atoms with Crippen molar-refractivity contribution in [2.45, 2.75) is 109 Å². The molecule has 0 fully saturated rings. The van der Waals surface area contributed by atoms with E-state index in [-0.39, 0.29) is 228 Å². The SMILES string of the molecule is C(/C=C/Nc1ccccc1)=Nc1ccccc1.CC1=[N+](CCCC2=C/C=C\C=C/C=C2)c2cc[c-]cc2C1(C)CCCCS(=O)(=O)[O-].CC1=[N+](CCCCCOC=O)c2cc[c-]cc2C1(C)CCCCS(=O)(=O)[O-].O=S(=O)=O.O=S(=O)=O.[K+].[K+].[K+].[K+]. The zero-order valence-electron chi connectivity index (χ0n) is 50.6. The summed E-state index contributed by atoms with van der Waals surface area (Å²) < 4.78 is 125. The van der Waals surface area contributed by atoms with Crippen LogP contribution in [0.25, 0.3) is 0 Å². The van der Waals surface area contributed by atoms with Crippen molar-refractivity contribution in [2.24, 2.45) is 4.99 Å². The third-order valence-electron chi connectivity index (χ3n) is 13.8. The smallest absolute Gasteiger partial charge is 0.748 e. The van der Waals surface area contributed by atoms with Crippen LogP contribution >= 0.6 is 0 Å². The predicted octanol–water partition coefficient (Wildman–Crippen LogP) is -2.09. The fourth-order valence-electron chi connectivity index (χ4n) is 9.53. The van der Waals surface area contributed by atoms with Gasteiger partial charge in [-0.3, -0.25) is 9.79 Å². The van der Waals surface area contributed by atoms with Gasteiger partial charge in [-0.2, -0.15) is 36.4 Å². The van der Waals surface area contributed by atoms with E-state index in [1.54, 1.807) is 6.21 Å². The number of nitrogens with zero attached hydrogens (tertiary/aromatic N) is 3. The van der Waals surface area contributed by atoms with E-state index in [4.69, 9.17) is 30.0 Å². The van der Waals surface area contributed by atoms with Gasteiger partial charge in [0.1, 0.15) is 24.5 Å². The van der Waals surface area contributed by atoms with E-state index in [1.807, 2.05) is 109 Å². The molecule has 2 atom stereocenters. The summed E-state index contributed by atoms with van der Waals surface area (Å²) in [6.45, 7) is 11.4. The Morgan fingerprint density at radius 1 is 0.616 bits per heavy atom. The van der Waals surface area contributed by atoms with Crippen LogP contribution in [0.4, 0.5) is 22.7 Å². The topological polar surface area (TPSA) is 274 Å². The Morgan fingerprint density at radius 3 is 1.57 bits per heavy atom. The number of ether oxygens (including phenoxy) is 1. The number of carbonyl (C=O) groups excluding carboxylic acids is 1. The molecule has 0 aromatic heterocycles. The number of unbranched alkanes of at least 4 members (excludes halogenated alkanes) is 4. The Kier molecular flexibility index (Phi) is 49.1. The van der Waals surface area contributed by atoms with Crippen LogP contribution < -0.4 is 211 Å². The van der Waals surface area contributed by atoms with Gasteiger partial charge in [-0.15, -0.1) is 37.4 Å². The number of allylic oxidation sites excluding steroid dienone is 9. The van der Waals surface area contributed by atoms with Gasteiger partial charge in [-0.25, -0.2) is 26.0 Å². The second-order valence-electron chi connectivity index (χ2n) is 19.4. The average molecular weight is 1360 g/mol. The fourth-order valence-corrected chi connectivity index (χ4v) is 10.6. The molecule has 1 aliphatic carbocycles. The molecule has 2 heterocycles. The van der Waals surface area contributed by atoms with Crippen molar-refractivity contribution >= 4 is 88.3 Å². The van der Waals surface area contributed by atoms with E-state index >= 15 is 0 Å². The molecule has 3 aliphatic rings. The molecule has 18 nitrogen and oxygen atoms in total. The fraction of sp³-hybridized carbons (Fsp3) is 0.367. The zero-order chi connectivity index (χ0) is 60.4. The molecule has 0 bridgehead atoms. The first kappa shape index (κ1) is 87.5. The molecular formula is C60H72K4N4O14S4+2. The second kappa shape index (κ2) is 48.2. The summed E-state index contributed by atoms with van der Waals surface area (Å²) in [7, 11) is -14.5. The summed E-state index contributed by atoms with van der Waals surface area (Å²) in [5.74, 6) is -0.589. The molecule has 7 rings (SSSR count). The van der Waals surface area contributed by atoms with Crippen LogP contribution in [0.2, 0.25) is 0 Å². The van der Waals surface area contributed by atoms with Gasteiger partial charge < -0.3 is 19.2 Å². The quantitative estimate of drug-likeness (QED) is 0.0142. The summed E-state index contributed by atoms with van der Waals surface area (Å²) in [4.78, 5) is 14.5. The predicted molar refractivity (Wildman–Crippen MR) is 317 cm³/mol. The Hall–Kier alpha value is -0.535. The largest absolute Gasteiger partial charge is 1.00 e. The van der Waals surface area contributed by atoms with Crippen molar-refractivity contribution in [1.29, 1.82) is 0 Å². The molecule has 4 aromatic carbocycles. The van der Waals surface area contributed by atoms with Crippen molar-refractivity contribution in [3.63, 3.8) is 0 Å². The molecule has 86 heavy (non-hydrogen) atoms. The maximum atomic E-state index is 10.9. The summed E-state index contributed by atoms with van der Waals surface area (Å²) in [5.41, 5.74) is 10.4. The summed E-state index contributed by atoms with van der Waals surface area (Å²) in [6.07, 6.45) is 28.7. The molecule has 4 aromatic rings. The van der Waals surface area contributed by atoms with Crippen LogP contribution in [0.15, 0.2) is 162 Å². The molecule has 0 amide bonds. The third-order valence-corrected chi connectivity index (χ3v) is 15.4. The molecule has 0 saturated heterocycles. The molecule has 2 unspecified atom stereocenters. The number of aliphatic imine (C=N–C) groups is 1. The second-order valence-corrected chi connectivity index (χ2v) is 23.2. The van der Waals surface area contributed by atoms with E-state index < -0.39 is 41.5 Å². The average Bonchev–Trinajstić information content (AvgIpc) is 2.22. The molecule has 0 spiro atoms. The third kappa shape index (κ3) is 34.9. The number of nitrogens with one attached hydrogen (secondary N) is 1. The Balaban J connectivity index is 0. The number of rotatable bonds is 25. The van der Waals surface area contributed by atoms with Crippen molar-refractivity contribution in [1.82, 2.24) is 0 Å².